The summed E-state index contributed by atoms with van der Waals surface area (Å²) in [6, 6.07) is 9.86. The predicted octanol–water partition coefficient (Wildman–Crippen LogP) is 4.09. The van der Waals surface area contributed by atoms with Gasteiger partial charge >= 0.3 is 0 Å². The van der Waals surface area contributed by atoms with Crippen LogP contribution in [0.5, 0.6) is 0 Å². The zero-order valence-electron chi connectivity index (χ0n) is 12.8. The Hall–Kier alpha value is -1.41. The molecule has 1 unspecified atom stereocenters. The number of alkyl halides is 1. The first kappa shape index (κ1) is 17.0. The van der Waals surface area contributed by atoms with Crippen molar-refractivity contribution >= 4 is 29.8 Å². The molecule has 0 amide bonds. The molecule has 1 N–H and O–H groups in total. The lowest BCUT2D eigenvalue weighted by molar-refractivity contribution is 0.106. The maximum atomic E-state index is 12.7. The molecule has 116 valence electrons. The van der Waals surface area contributed by atoms with Crippen molar-refractivity contribution in [1.82, 2.24) is 0 Å². The monoisotopic (exact) mass is 336 g/mol. The van der Waals surface area contributed by atoms with Gasteiger partial charge in [0.25, 0.3) is 12.9 Å². The first-order valence-corrected chi connectivity index (χ1v) is 9.09. The Morgan fingerprint density at radius 3 is 2.27 bits per heavy atom. The smallest absolute Gasteiger partial charge is 0.298 e. The van der Waals surface area contributed by atoms with Crippen molar-refractivity contribution in [2.24, 2.45) is 0 Å². The van der Waals surface area contributed by atoms with Crippen LogP contribution in [-0.4, -0.2) is 10.4 Å². The Kier molecular flexibility index (Phi) is 4.91. The zero-order chi connectivity index (χ0) is 16.5. The van der Waals surface area contributed by atoms with Crippen LogP contribution in [0.1, 0.15) is 32.6 Å². The molecular weight excluding hydrogens is 319 g/mol. The van der Waals surface area contributed by atoms with Crippen molar-refractivity contribution in [3.05, 3.63) is 64.2 Å². The Bertz CT molecular complexity index is 769. The summed E-state index contributed by atoms with van der Waals surface area (Å²) in [5.74, 6) is 0.263. The van der Waals surface area contributed by atoms with E-state index in [1.54, 1.807) is 32.0 Å². The number of hydrogen-bond donors (Lipinski definition) is 1. The molecule has 0 saturated carbocycles. The van der Waals surface area contributed by atoms with E-state index in [0.717, 1.165) is 11.1 Å². The molecule has 5 heteroatoms. The predicted molar refractivity (Wildman–Crippen MR) is 90.4 cm³/mol. The fraction of sp³-hybridized carbons (Fsp3) is 0.235. The van der Waals surface area contributed by atoms with Gasteiger partial charge in [0.15, 0.2) is 0 Å². The highest BCUT2D eigenvalue weighted by Gasteiger charge is 2.34. The third-order valence-electron chi connectivity index (χ3n) is 3.86. The van der Waals surface area contributed by atoms with Gasteiger partial charge in [-0.2, -0.15) is 0 Å². The van der Waals surface area contributed by atoms with Gasteiger partial charge in [-0.05, 0) is 55.2 Å². The second-order valence-electron chi connectivity index (χ2n) is 5.34. The van der Waals surface area contributed by atoms with Crippen LogP contribution in [0, 0.1) is 20.8 Å². The van der Waals surface area contributed by atoms with Crippen LogP contribution in [-0.2, 0) is 10.4 Å². The lowest BCUT2D eigenvalue weighted by atomic mass is 9.95. The largest absolute Gasteiger partial charge is 0.336 e. The molecule has 3 nitrogen and oxygen atoms in total. The van der Waals surface area contributed by atoms with Crippen molar-refractivity contribution in [1.29, 1.82) is 0 Å². The molecule has 22 heavy (non-hydrogen) atoms. The number of aryl methyl sites for hydroxylation is 2. The van der Waals surface area contributed by atoms with Gasteiger partial charge in [0, 0.05) is 16.7 Å². The molecular formula is C17H18ClO3P. The maximum Gasteiger partial charge on any atom is 0.298 e. The number of hydrogen-bond acceptors (Lipinski definition) is 2. The summed E-state index contributed by atoms with van der Waals surface area (Å²) in [5, 5.41) is 0.145. The van der Waals surface area contributed by atoms with Gasteiger partial charge in [0.05, 0.1) is 0 Å². The van der Waals surface area contributed by atoms with Crippen molar-refractivity contribution in [3.8, 4) is 0 Å². The van der Waals surface area contributed by atoms with Gasteiger partial charge < -0.3 is 4.89 Å². The molecule has 0 saturated heterocycles. The van der Waals surface area contributed by atoms with Crippen LogP contribution in [0.25, 0.3) is 0 Å². The van der Waals surface area contributed by atoms with E-state index in [9.17, 15) is 14.3 Å². The van der Waals surface area contributed by atoms with Gasteiger partial charge in [-0.1, -0.05) is 24.3 Å². The molecule has 0 aliphatic rings. The molecule has 2 aromatic carbocycles. The van der Waals surface area contributed by atoms with Crippen molar-refractivity contribution in [2.75, 3.05) is 0 Å². The molecule has 1 atom stereocenters. The van der Waals surface area contributed by atoms with Crippen LogP contribution in [0.4, 0.5) is 0 Å². The fourth-order valence-electron chi connectivity index (χ4n) is 2.66. The van der Waals surface area contributed by atoms with Crippen LogP contribution in [0.2, 0.25) is 0 Å². The number of carbonyl (C=O) groups excluding carboxylic acids is 1. The fourth-order valence-corrected chi connectivity index (χ4v) is 4.53. The minimum Gasteiger partial charge on any atom is -0.336 e. The summed E-state index contributed by atoms with van der Waals surface area (Å²) in [5.41, 5.74) is 2.76. The molecule has 0 aromatic heterocycles. The van der Waals surface area contributed by atoms with Gasteiger partial charge in [-0.3, -0.25) is 9.36 Å². The summed E-state index contributed by atoms with van der Waals surface area (Å²) in [4.78, 5) is 23.1. The van der Waals surface area contributed by atoms with Crippen LogP contribution in [0.15, 0.2) is 36.4 Å². The topological polar surface area (TPSA) is 54.4 Å². The highest BCUT2D eigenvalue weighted by atomic mass is 35.5. The van der Waals surface area contributed by atoms with E-state index in [1.807, 2.05) is 13.0 Å². The van der Waals surface area contributed by atoms with Crippen molar-refractivity contribution in [3.63, 3.8) is 0 Å². The van der Waals surface area contributed by atoms with E-state index in [4.69, 9.17) is 11.6 Å². The average Bonchev–Trinajstić information content (AvgIpc) is 2.48. The zero-order valence-corrected chi connectivity index (χ0v) is 14.4. The van der Waals surface area contributed by atoms with Crippen LogP contribution >= 0.6 is 19.0 Å². The highest BCUT2D eigenvalue weighted by Crippen LogP contribution is 2.45. The Morgan fingerprint density at radius 2 is 1.73 bits per heavy atom. The number of carbonyl (C=O) groups is 1. The van der Waals surface area contributed by atoms with E-state index in [-0.39, 0.29) is 11.2 Å². The van der Waals surface area contributed by atoms with Crippen molar-refractivity contribution in [2.45, 2.75) is 26.7 Å². The summed E-state index contributed by atoms with van der Waals surface area (Å²) in [7, 11) is -4.14. The third kappa shape index (κ3) is 2.89. The van der Waals surface area contributed by atoms with Gasteiger partial charge in [-0.25, -0.2) is 0 Å². The number of benzene rings is 2. The number of rotatable bonds is 4. The number of halogens is 1. The minimum atomic E-state index is -4.14. The summed E-state index contributed by atoms with van der Waals surface area (Å²) in [6.45, 7) is 5.47. The molecule has 2 rings (SSSR count). The molecule has 0 aliphatic carbocycles. The van der Waals surface area contributed by atoms with Crippen molar-refractivity contribution < 1.29 is 14.3 Å². The summed E-state index contributed by atoms with van der Waals surface area (Å²) < 4.78 is 12.7. The third-order valence-corrected chi connectivity index (χ3v) is 5.90. The molecule has 0 radical (unpaired) electrons. The molecule has 0 heterocycles. The van der Waals surface area contributed by atoms with E-state index < -0.39 is 12.9 Å². The molecule has 0 bridgehead atoms. The van der Waals surface area contributed by atoms with E-state index in [1.165, 1.54) is 12.1 Å². The average molecular weight is 337 g/mol. The van der Waals surface area contributed by atoms with E-state index in [0.29, 0.717) is 16.7 Å². The standard InChI is InChI=1S/C17H18ClO3P/c1-11-9-12(2)16(13(3)15(11)10-18)17(19)22(20,21)14-7-5-4-6-8-14/h4-9H,10H2,1-3H3,(H,20,21). The van der Waals surface area contributed by atoms with Gasteiger partial charge in [-0.15, -0.1) is 11.6 Å². The Morgan fingerprint density at radius 1 is 1.14 bits per heavy atom. The van der Waals surface area contributed by atoms with E-state index in [2.05, 4.69) is 0 Å². The Balaban J connectivity index is 2.62. The summed E-state index contributed by atoms with van der Waals surface area (Å²) in [6.07, 6.45) is 0. The van der Waals surface area contributed by atoms with Crippen LogP contribution < -0.4 is 5.30 Å². The molecule has 0 aliphatic heterocycles. The minimum absolute atomic E-state index is 0.145. The SMILES string of the molecule is Cc1cc(C)c(C(=O)P(=O)(O)c2ccccc2)c(C)c1CCl. The second kappa shape index (κ2) is 6.37. The van der Waals surface area contributed by atoms with E-state index >= 15 is 0 Å². The lowest BCUT2D eigenvalue weighted by Crippen LogP contribution is -2.15. The quantitative estimate of drug-likeness (QED) is 0.676. The second-order valence-corrected chi connectivity index (χ2v) is 7.68. The normalized spacial score (nSPS) is 13.7. The van der Waals surface area contributed by atoms with Gasteiger partial charge in [0.2, 0.25) is 0 Å². The summed E-state index contributed by atoms with van der Waals surface area (Å²) >= 11 is 5.95. The maximum absolute atomic E-state index is 12.7. The first-order valence-electron chi connectivity index (χ1n) is 6.89. The van der Waals surface area contributed by atoms with Crippen LogP contribution in [0.3, 0.4) is 0 Å². The lowest BCUT2D eigenvalue weighted by Gasteiger charge is -2.18. The first-order chi connectivity index (χ1) is 10.3. The molecule has 0 fully saturated rings. The molecule has 2 aromatic rings. The highest BCUT2D eigenvalue weighted by molar-refractivity contribution is 7.82. The van der Waals surface area contributed by atoms with Gasteiger partial charge in [0.1, 0.15) is 0 Å². The Labute approximate surface area is 135 Å². The molecule has 0 spiro atoms.